The largest absolute Gasteiger partial charge is 0.454 e. The normalized spacial score (nSPS) is 18.4. The van der Waals surface area contributed by atoms with E-state index in [0.717, 1.165) is 12.8 Å². The third kappa shape index (κ3) is 4.32. The van der Waals surface area contributed by atoms with Gasteiger partial charge in [-0.1, -0.05) is 18.5 Å². The summed E-state index contributed by atoms with van der Waals surface area (Å²) >= 11 is 6.22. The number of hydrogen-bond acceptors (Lipinski definition) is 6. The highest BCUT2D eigenvalue weighted by atomic mass is 35.5. The molecule has 2 heterocycles. The Kier molecular flexibility index (Phi) is 6.15. The highest BCUT2D eigenvalue weighted by molar-refractivity contribution is 7.89. The summed E-state index contributed by atoms with van der Waals surface area (Å²) in [6.07, 6.45) is 1.74. The molecule has 1 amide bonds. The molecule has 2 aliphatic rings. The number of nitrogens with one attached hydrogen (secondary N) is 1. The molecule has 32 heavy (non-hydrogen) atoms. The van der Waals surface area contributed by atoms with Gasteiger partial charge in [0.15, 0.2) is 17.3 Å². The maximum absolute atomic E-state index is 13.2. The highest BCUT2D eigenvalue weighted by Crippen LogP contribution is 2.37. The van der Waals surface area contributed by atoms with Crippen molar-refractivity contribution in [3.05, 3.63) is 46.5 Å². The summed E-state index contributed by atoms with van der Waals surface area (Å²) in [5.74, 6) is 0.233. The van der Waals surface area contributed by atoms with E-state index in [1.807, 2.05) is 6.92 Å². The molecular formula is C22H23ClN2O6S. The van der Waals surface area contributed by atoms with Gasteiger partial charge in [0, 0.05) is 30.3 Å². The second kappa shape index (κ2) is 8.73. The molecule has 1 fully saturated rings. The minimum absolute atomic E-state index is 0.0254. The quantitative estimate of drug-likeness (QED) is 0.653. The molecule has 1 unspecified atom stereocenters. The lowest BCUT2D eigenvalue weighted by molar-refractivity contribution is 0.101. The number of sulfonamides is 1. The fourth-order valence-corrected chi connectivity index (χ4v) is 5.98. The number of ether oxygens (including phenoxy) is 2. The van der Waals surface area contributed by atoms with Crippen molar-refractivity contribution < 1.29 is 27.5 Å². The number of amides is 1. The Morgan fingerprint density at radius 1 is 1.16 bits per heavy atom. The van der Waals surface area contributed by atoms with Crippen molar-refractivity contribution in [2.45, 2.75) is 31.6 Å². The first-order valence-corrected chi connectivity index (χ1v) is 12.0. The lowest BCUT2D eigenvalue weighted by Crippen LogP contribution is -2.39. The van der Waals surface area contributed by atoms with E-state index in [4.69, 9.17) is 21.1 Å². The van der Waals surface area contributed by atoms with E-state index in [1.54, 1.807) is 0 Å². The smallest absolute Gasteiger partial charge is 0.255 e. The van der Waals surface area contributed by atoms with Crippen LogP contribution < -0.4 is 14.8 Å². The van der Waals surface area contributed by atoms with Gasteiger partial charge in [-0.2, -0.15) is 4.31 Å². The maximum atomic E-state index is 13.2. The second-order valence-corrected chi connectivity index (χ2v) is 10.3. The number of nitrogens with zero attached hydrogens (tertiary/aromatic N) is 1. The van der Waals surface area contributed by atoms with E-state index in [2.05, 4.69) is 5.32 Å². The zero-order valence-electron chi connectivity index (χ0n) is 17.7. The summed E-state index contributed by atoms with van der Waals surface area (Å²) in [4.78, 5) is 24.9. The molecule has 1 saturated heterocycles. The minimum atomic E-state index is -3.85. The first-order chi connectivity index (χ1) is 15.2. The number of hydrogen-bond donors (Lipinski definition) is 1. The Labute approximate surface area is 191 Å². The van der Waals surface area contributed by atoms with Crippen LogP contribution in [0.4, 0.5) is 5.69 Å². The molecule has 170 valence electrons. The van der Waals surface area contributed by atoms with Gasteiger partial charge < -0.3 is 14.8 Å². The van der Waals surface area contributed by atoms with Crippen molar-refractivity contribution in [3.63, 3.8) is 0 Å². The van der Waals surface area contributed by atoms with Gasteiger partial charge in [0.25, 0.3) is 5.91 Å². The summed E-state index contributed by atoms with van der Waals surface area (Å²) in [5.41, 5.74) is 0.605. The number of carbonyl (C=O) groups excluding carboxylic acids is 2. The van der Waals surface area contributed by atoms with Crippen LogP contribution in [-0.2, 0) is 10.0 Å². The molecule has 0 radical (unpaired) electrons. The van der Waals surface area contributed by atoms with E-state index in [1.165, 1.54) is 41.6 Å². The molecule has 2 aliphatic heterocycles. The fourth-order valence-electron chi connectivity index (χ4n) is 3.88. The fraction of sp³-hybridized carbons (Fsp3) is 0.364. The van der Waals surface area contributed by atoms with Gasteiger partial charge >= 0.3 is 0 Å². The van der Waals surface area contributed by atoms with E-state index in [0.29, 0.717) is 24.6 Å². The van der Waals surface area contributed by atoms with Crippen molar-refractivity contribution in [2.75, 3.05) is 25.2 Å². The summed E-state index contributed by atoms with van der Waals surface area (Å²) in [6, 6.07) is 7.13. The average Bonchev–Trinajstić information content (AvgIpc) is 3.20. The van der Waals surface area contributed by atoms with Gasteiger partial charge in [0.05, 0.1) is 10.7 Å². The predicted octanol–water partition coefficient (Wildman–Crippen LogP) is 3.94. The van der Waals surface area contributed by atoms with Crippen LogP contribution in [-0.4, -0.2) is 44.3 Å². The molecular weight excluding hydrogens is 456 g/mol. The Balaban J connectivity index is 1.64. The van der Waals surface area contributed by atoms with Crippen LogP contribution in [0.25, 0.3) is 0 Å². The lowest BCUT2D eigenvalue weighted by atomic mass is 10.0. The first-order valence-electron chi connectivity index (χ1n) is 10.2. The third-order valence-electron chi connectivity index (χ3n) is 5.57. The standard InChI is InChI=1S/C22H23ClN2O6S/c1-13-4-3-7-25(11-13)32(28,29)21-8-15(5-6-17(21)23)22(27)24-18-10-20-19(30-12-31-20)9-16(18)14(2)26/h5-6,8-10,13H,3-4,7,11-12H2,1-2H3,(H,24,27). The number of fused-ring (bicyclic) bond motifs is 1. The van der Waals surface area contributed by atoms with Crippen LogP contribution in [0.5, 0.6) is 11.5 Å². The van der Waals surface area contributed by atoms with Crippen LogP contribution in [0.2, 0.25) is 5.02 Å². The van der Waals surface area contributed by atoms with Gasteiger partial charge in [0.1, 0.15) is 4.90 Å². The lowest BCUT2D eigenvalue weighted by Gasteiger charge is -2.30. The van der Waals surface area contributed by atoms with Gasteiger partial charge in [-0.05, 0) is 49.9 Å². The number of piperidine rings is 1. The molecule has 2 aromatic rings. The predicted molar refractivity (Wildman–Crippen MR) is 119 cm³/mol. The maximum Gasteiger partial charge on any atom is 0.255 e. The van der Waals surface area contributed by atoms with Gasteiger partial charge in [-0.25, -0.2) is 8.42 Å². The first kappa shape index (κ1) is 22.6. The molecule has 2 aromatic carbocycles. The number of halogens is 1. The summed E-state index contributed by atoms with van der Waals surface area (Å²) in [7, 11) is -3.85. The van der Waals surface area contributed by atoms with Gasteiger partial charge in [-0.15, -0.1) is 0 Å². The Morgan fingerprint density at radius 2 is 1.88 bits per heavy atom. The third-order valence-corrected chi connectivity index (χ3v) is 7.92. The number of benzene rings is 2. The van der Waals surface area contributed by atoms with Crippen LogP contribution >= 0.6 is 11.6 Å². The van der Waals surface area contributed by atoms with Crippen LogP contribution in [0, 0.1) is 5.92 Å². The molecule has 4 rings (SSSR count). The van der Waals surface area contributed by atoms with Crippen molar-refractivity contribution in [1.82, 2.24) is 4.31 Å². The average molecular weight is 479 g/mol. The second-order valence-electron chi connectivity index (χ2n) is 8.02. The van der Waals surface area contributed by atoms with Crippen molar-refractivity contribution in [1.29, 1.82) is 0 Å². The van der Waals surface area contributed by atoms with E-state index >= 15 is 0 Å². The molecule has 1 N–H and O–H groups in total. The molecule has 0 spiro atoms. The number of anilines is 1. The SMILES string of the molecule is CC(=O)c1cc2c(cc1NC(=O)c1ccc(Cl)c(S(=O)(=O)N3CCCC(C)C3)c1)OCO2. The zero-order valence-corrected chi connectivity index (χ0v) is 19.3. The molecule has 0 bridgehead atoms. The van der Waals surface area contributed by atoms with Crippen LogP contribution in [0.1, 0.15) is 47.4 Å². The van der Waals surface area contributed by atoms with Gasteiger partial charge in [0.2, 0.25) is 16.8 Å². The van der Waals surface area contributed by atoms with Crippen LogP contribution in [0.3, 0.4) is 0 Å². The van der Waals surface area contributed by atoms with E-state index < -0.39 is 15.9 Å². The number of Topliss-reactive ketones (excluding diaryl/α,β-unsaturated/α-hetero) is 1. The molecule has 10 heteroatoms. The highest BCUT2D eigenvalue weighted by Gasteiger charge is 2.31. The van der Waals surface area contributed by atoms with E-state index in [9.17, 15) is 18.0 Å². The van der Waals surface area contributed by atoms with E-state index in [-0.39, 0.29) is 45.2 Å². The number of ketones is 1. The number of carbonyl (C=O) groups is 2. The summed E-state index contributed by atoms with van der Waals surface area (Å²) in [5, 5.41) is 2.72. The summed E-state index contributed by atoms with van der Waals surface area (Å²) in [6.45, 7) is 4.23. The van der Waals surface area contributed by atoms with Crippen molar-refractivity contribution >= 4 is 39.0 Å². The van der Waals surface area contributed by atoms with Gasteiger partial charge in [-0.3, -0.25) is 9.59 Å². The molecule has 0 aromatic heterocycles. The van der Waals surface area contributed by atoms with Crippen molar-refractivity contribution in [2.24, 2.45) is 5.92 Å². The Morgan fingerprint density at radius 3 is 2.56 bits per heavy atom. The molecule has 8 nitrogen and oxygen atoms in total. The topological polar surface area (TPSA) is 102 Å². The van der Waals surface area contributed by atoms with Crippen LogP contribution in [0.15, 0.2) is 35.2 Å². The zero-order chi connectivity index (χ0) is 23.0. The van der Waals surface area contributed by atoms with Crippen molar-refractivity contribution in [3.8, 4) is 11.5 Å². The molecule has 0 aliphatic carbocycles. The monoisotopic (exact) mass is 478 g/mol. The number of rotatable bonds is 5. The Bertz CT molecular complexity index is 1200. The molecule has 0 saturated carbocycles. The summed E-state index contributed by atoms with van der Waals surface area (Å²) < 4.78 is 38.4. The Hall–Kier alpha value is -2.62. The minimum Gasteiger partial charge on any atom is -0.454 e. The molecule has 1 atom stereocenters.